The second-order valence-corrected chi connectivity index (χ2v) is 8.63. The van der Waals surface area contributed by atoms with Gasteiger partial charge in [-0.3, -0.25) is 0 Å². The van der Waals surface area contributed by atoms with Crippen molar-refractivity contribution in [3.8, 4) is 0 Å². The molecule has 3 rings (SSSR count). The van der Waals surface area contributed by atoms with Crippen molar-refractivity contribution in [2.24, 2.45) is 11.8 Å². The van der Waals surface area contributed by atoms with Crippen molar-refractivity contribution in [3.05, 3.63) is 21.4 Å². The van der Waals surface area contributed by atoms with Crippen molar-refractivity contribution in [2.45, 2.75) is 84.2 Å². The highest BCUT2D eigenvalue weighted by Crippen LogP contribution is 2.38. The minimum atomic E-state index is 0.782. The molecule has 2 aliphatic carbocycles. The van der Waals surface area contributed by atoms with Crippen LogP contribution in [0.2, 0.25) is 0 Å². The zero-order valence-electron chi connectivity index (χ0n) is 13.8. The molecular weight excluding hydrogens is 274 g/mol. The van der Waals surface area contributed by atoms with E-state index in [9.17, 15) is 0 Å². The van der Waals surface area contributed by atoms with Gasteiger partial charge in [0.2, 0.25) is 0 Å². The lowest BCUT2D eigenvalue weighted by atomic mass is 9.71. The molecule has 0 saturated heterocycles. The molecule has 1 aromatic heterocycles. The van der Waals surface area contributed by atoms with Crippen LogP contribution in [0, 0.1) is 25.7 Å². The lowest BCUT2D eigenvalue weighted by molar-refractivity contribution is 0.149. The fraction of sp³-hybridized carbons (Fsp3) is 0.789. The Bertz CT molecular complexity index is 425. The third-order valence-electron chi connectivity index (χ3n) is 5.83. The molecule has 2 atom stereocenters. The maximum Gasteiger partial charge on any atom is 0.0302 e. The molecule has 21 heavy (non-hydrogen) atoms. The van der Waals surface area contributed by atoms with E-state index in [1.54, 1.807) is 0 Å². The summed E-state index contributed by atoms with van der Waals surface area (Å²) in [4.78, 5) is 3.01. The van der Waals surface area contributed by atoms with Gasteiger partial charge in [0.1, 0.15) is 0 Å². The van der Waals surface area contributed by atoms with Gasteiger partial charge in [-0.05, 0) is 50.2 Å². The molecule has 1 aromatic rings. The van der Waals surface area contributed by atoms with Gasteiger partial charge in [-0.1, -0.05) is 44.9 Å². The zero-order chi connectivity index (χ0) is 14.7. The van der Waals surface area contributed by atoms with E-state index in [0.717, 1.165) is 24.4 Å². The summed E-state index contributed by atoms with van der Waals surface area (Å²) >= 11 is 1.98. The molecule has 2 saturated carbocycles. The van der Waals surface area contributed by atoms with E-state index in [-0.39, 0.29) is 0 Å². The summed E-state index contributed by atoms with van der Waals surface area (Å²) in [6, 6.07) is 3.16. The van der Waals surface area contributed by atoms with E-state index in [2.05, 4.69) is 25.2 Å². The maximum absolute atomic E-state index is 3.94. The Kier molecular flexibility index (Phi) is 5.39. The monoisotopic (exact) mass is 305 g/mol. The topological polar surface area (TPSA) is 12.0 Å². The SMILES string of the molecule is Cc1cc(CNC2CCCCC2C2CCCCC2)sc1C. The molecule has 2 fully saturated rings. The fourth-order valence-corrected chi connectivity index (χ4v) is 5.51. The molecule has 118 valence electrons. The largest absolute Gasteiger partial charge is 0.309 e. The van der Waals surface area contributed by atoms with E-state index in [0.29, 0.717) is 0 Å². The van der Waals surface area contributed by atoms with Gasteiger partial charge in [-0.15, -0.1) is 11.3 Å². The third-order valence-corrected chi connectivity index (χ3v) is 6.98. The van der Waals surface area contributed by atoms with Gasteiger partial charge in [0.05, 0.1) is 0 Å². The van der Waals surface area contributed by atoms with Crippen LogP contribution < -0.4 is 5.32 Å². The van der Waals surface area contributed by atoms with Crippen LogP contribution in [0.5, 0.6) is 0 Å². The Morgan fingerprint density at radius 3 is 2.43 bits per heavy atom. The van der Waals surface area contributed by atoms with E-state index in [4.69, 9.17) is 0 Å². The molecule has 1 heterocycles. The second kappa shape index (κ2) is 7.28. The van der Waals surface area contributed by atoms with E-state index in [1.807, 2.05) is 11.3 Å². The van der Waals surface area contributed by atoms with Crippen molar-refractivity contribution in [1.29, 1.82) is 0 Å². The Balaban J connectivity index is 1.58. The Hall–Kier alpha value is -0.340. The smallest absolute Gasteiger partial charge is 0.0302 e. The summed E-state index contributed by atoms with van der Waals surface area (Å²) in [5, 5.41) is 3.94. The van der Waals surface area contributed by atoms with E-state index in [1.165, 1.54) is 73.1 Å². The summed E-state index contributed by atoms with van der Waals surface area (Å²) in [7, 11) is 0. The predicted octanol–water partition coefficient (Wildman–Crippen LogP) is 5.59. The predicted molar refractivity (Wildman–Crippen MR) is 93.0 cm³/mol. The second-order valence-electron chi connectivity index (χ2n) is 7.29. The summed E-state index contributed by atoms with van der Waals surface area (Å²) < 4.78 is 0. The molecule has 2 aliphatic rings. The summed E-state index contributed by atoms with van der Waals surface area (Å²) in [5.41, 5.74) is 1.46. The van der Waals surface area contributed by atoms with Crippen molar-refractivity contribution in [3.63, 3.8) is 0 Å². The Morgan fingerprint density at radius 2 is 1.71 bits per heavy atom. The number of thiophene rings is 1. The molecule has 0 amide bonds. The highest BCUT2D eigenvalue weighted by Gasteiger charge is 2.32. The van der Waals surface area contributed by atoms with Gasteiger partial charge in [0.15, 0.2) is 0 Å². The van der Waals surface area contributed by atoms with Crippen LogP contribution in [0.4, 0.5) is 0 Å². The molecular formula is C19H31NS. The number of hydrogen-bond acceptors (Lipinski definition) is 2. The van der Waals surface area contributed by atoms with Crippen LogP contribution in [-0.4, -0.2) is 6.04 Å². The van der Waals surface area contributed by atoms with Crippen LogP contribution in [0.3, 0.4) is 0 Å². The molecule has 1 N–H and O–H groups in total. The number of nitrogens with one attached hydrogen (secondary N) is 1. The number of aryl methyl sites for hydroxylation is 2. The third kappa shape index (κ3) is 3.90. The summed E-state index contributed by atoms with van der Waals surface area (Å²) in [5.74, 6) is 1.98. The molecule has 2 unspecified atom stereocenters. The Labute approximate surface area is 134 Å². The van der Waals surface area contributed by atoms with Crippen molar-refractivity contribution in [1.82, 2.24) is 5.32 Å². The van der Waals surface area contributed by atoms with Crippen molar-refractivity contribution < 1.29 is 0 Å². The molecule has 0 aromatic carbocycles. The van der Waals surface area contributed by atoms with Crippen LogP contribution >= 0.6 is 11.3 Å². The molecule has 0 spiro atoms. The van der Waals surface area contributed by atoms with E-state index < -0.39 is 0 Å². The first-order valence-corrected chi connectivity index (χ1v) is 9.85. The first-order valence-electron chi connectivity index (χ1n) is 9.03. The zero-order valence-corrected chi connectivity index (χ0v) is 14.6. The van der Waals surface area contributed by atoms with E-state index >= 15 is 0 Å². The van der Waals surface area contributed by atoms with Crippen molar-refractivity contribution in [2.75, 3.05) is 0 Å². The minimum absolute atomic E-state index is 0.782. The molecule has 2 heteroatoms. The molecule has 0 aliphatic heterocycles. The molecule has 1 nitrogen and oxygen atoms in total. The highest BCUT2D eigenvalue weighted by atomic mass is 32.1. The first-order chi connectivity index (χ1) is 10.2. The summed E-state index contributed by atoms with van der Waals surface area (Å²) in [6.45, 7) is 5.57. The number of rotatable bonds is 4. The lowest BCUT2D eigenvalue weighted by Crippen LogP contribution is -2.42. The molecule has 0 radical (unpaired) electrons. The first kappa shape index (κ1) is 15.6. The van der Waals surface area contributed by atoms with Crippen LogP contribution in [0.1, 0.15) is 73.1 Å². The van der Waals surface area contributed by atoms with Crippen LogP contribution in [0.25, 0.3) is 0 Å². The van der Waals surface area contributed by atoms with Crippen molar-refractivity contribution >= 4 is 11.3 Å². The lowest BCUT2D eigenvalue weighted by Gasteiger charge is -2.39. The van der Waals surface area contributed by atoms with Crippen LogP contribution in [0.15, 0.2) is 6.07 Å². The number of hydrogen-bond donors (Lipinski definition) is 1. The summed E-state index contributed by atoms with van der Waals surface area (Å²) in [6.07, 6.45) is 13.2. The molecule has 0 bridgehead atoms. The normalized spacial score (nSPS) is 27.9. The fourth-order valence-electron chi connectivity index (χ4n) is 4.51. The van der Waals surface area contributed by atoms with Gasteiger partial charge in [0.25, 0.3) is 0 Å². The Morgan fingerprint density at radius 1 is 1.00 bits per heavy atom. The van der Waals surface area contributed by atoms with Gasteiger partial charge in [-0.2, -0.15) is 0 Å². The van der Waals surface area contributed by atoms with Crippen LogP contribution in [-0.2, 0) is 6.54 Å². The average Bonchev–Trinajstić information content (AvgIpc) is 2.85. The maximum atomic E-state index is 3.94. The minimum Gasteiger partial charge on any atom is -0.309 e. The highest BCUT2D eigenvalue weighted by molar-refractivity contribution is 7.12. The van der Waals surface area contributed by atoms with Gasteiger partial charge < -0.3 is 5.32 Å². The van der Waals surface area contributed by atoms with Gasteiger partial charge in [0, 0.05) is 22.3 Å². The standard InChI is InChI=1S/C19H31NS/c1-14-12-17(21-15(14)2)13-20-19-11-7-6-10-18(19)16-8-4-3-5-9-16/h12,16,18-20H,3-11,13H2,1-2H3. The van der Waals surface area contributed by atoms with Gasteiger partial charge in [-0.25, -0.2) is 0 Å². The average molecular weight is 306 g/mol. The quantitative estimate of drug-likeness (QED) is 0.764. The van der Waals surface area contributed by atoms with Gasteiger partial charge >= 0.3 is 0 Å².